The van der Waals surface area contributed by atoms with Gasteiger partial charge in [0.1, 0.15) is 0 Å². The third-order valence-corrected chi connectivity index (χ3v) is 6.95. The highest BCUT2D eigenvalue weighted by molar-refractivity contribution is 6.12. The van der Waals surface area contributed by atoms with Crippen LogP contribution in [0.3, 0.4) is 0 Å². The number of benzene rings is 4. The largest absolute Gasteiger partial charge is 0.261 e. The lowest BCUT2D eigenvalue weighted by molar-refractivity contribution is 1.20. The predicted molar refractivity (Wildman–Crippen MR) is 163 cm³/mol. The molecular weight excluding hydrogens is 446 g/mol. The molecule has 178 valence electrons. The van der Waals surface area contributed by atoms with Crippen LogP contribution in [0.15, 0.2) is 111 Å². The smallest absolute Gasteiger partial charge is 0.0373 e. The molecule has 1 heterocycles. The zero-order valence-corrected chi connectivity index (χ0v) is 21.2. The number of aryl methyl sites for hydroxylation is 1. The average Bonchev–Trinajstić information content (AvgIpc) is 2.95. The normalized spacial score (nSPS) is 10.7. The Bertz CT molecular complexity index is 1670. The fourth-order valence-electron chi connectivity index (χ4n) is 5.18. The van der Waals surface area contributed by atoms with Gasteiger partial charge in [-0.3, -0.25) is 4.98 Å². The van der Waals surface area contributed by atoms with Crippen LogP contribution in [0, 0.1) is 6.92 Å². The topological polar surface area (TPSA) is 12.9 Å². The highest BCUT2D eigenvalue weighted by atomic mass is 14.7. The number of fused-ring (bicyclic) bond motifs is 1. The van der Waals surface area contributed by atoms with Crippen LogP contribution in [-0.2, 0) is 0 Å². The zero-order valence-electron chi connectivity index (χ0n) is 21.2. The van der Waals surface area contributed by atoms with Crippen LogP contribution in [0.4, 0.5) is 0 Å². The predicted octanol–water partition coefficient (Wildman–Crippen LogP) is 10.1. The zero-order chi connectivity index (χ0) is 25.9. The van der Waals surface area contributed by atoms with Gasteiger partial charge >= 0.3 is 0 Å². The van der Waals surface area contributed by atoms with Crippen molar-refractivity contribution in [3.05, 3.63) is 139 Å². The summed E-state index contributed by atoms with van der Waals surface area (Å²) in [6.07, 6.45) is 9.61. The molecule has 4 aromatic carbocycles. The van der Waals surface area contributed by atoms with E-state index in [1.54, 1.807) is 0 Å². The van der Waals surface area contributed by atoms with E-state index in [0.717, 1.165) is 66.7 Å². The van der Waals surface area contributed by atoms with E-state index in [4.69, 9.17) is 0 Å². The van der Waals surface area contributed by atoms with Crippen molar-refractivity contribution in [1.29, 1.82) is 0 Å². The summed E-state index contributed by atoms with van der Waals surface area (Å²) < 4.78 is 0. The van der Waals surface area contributed by atoms with Crippen LogP contribution in [0.1, 0.15) is 27.9 Å². The van der Waals surface area contributed by atoms with Crippen molar-refractivity contribution in [2.75, 3.05) is 0 Å². The fourth-order valence-corrected chi connectivity index (χ4v) is 5.18. The Morgan fingerprint density at radius 3 is 1.73 bits per heavy atom. The van der Waals surface area contributed by atoms with Gasteiger partial charge in [-0.15, -0.1) is 0 Å². The summed E-state index contributed by atoms with van der Waals surface area (Å²) in [5.41, 5.74) is 12.0. The third kappa shape index (κ3) is 4.15. The van der Waals surface area contributed by atoms with E-state index in [1.807, 2.05) is 43.5 Å². The summed E-state index contributed by atoms with van der Waals surface area (Å²) in [6.45, 7) is 18.6. The second kappa shape index (κ2) is 10.1. The maximum Gasteiger partial charge on any atom is 0.0373 e. The van der Waals surface area contributed by atoms with E-state index in [0.29, 0.717) is 0 Å². The molecule has 0 saturated heterocycles. The SMILES string of the molecule is C=Cc1cccc(-c2c(C=C)c(C=C)c(-c3ccc(-c4ccc(C)nc4)cc3)c3ccccc23)c1C=C. The van der Waals surface area contributed by atoms with Gasteiger partial charge in [0.05, 0.1) is 0 Å². The molecule has 0 unspecified atom stereocenters. The lowest BCUT2D eigenvalue weighted by atomic mass is 9.81. The molecule has 0 fully saturated rings. The van der Waals surface area contributed by atoms with Crippen LogP contribution in [-0.4, -0.2) is 4.98 Å². The molecule has 0 saturated carbocycles. The molecule has 0 aliphatic heterocycles. The first-order valence-electron chi connectivity index (χ1n) is 12.4. The summed E-state index contributed by atoms with van der Waals surface area (Å²) in [4.78, 5) is 4.45. The van der Waals surface area contributed by atoms with Crippen molar-refractivity contribution >= 4 is 35.1 Å². The Labute approximate surface area is 219 Å². The minimum absolute atomic E-state index is 1.01. The average molecular weight is 476 g/mol. The molecule has 1 heteroatoms. The van der Waals surface area contributed by atoms with Crippen molar-refractivity contribution in [3.63, 3.8) is 0 Å². The molecular formula is C36H29N. The number of hydrogen-bond acceptors (Lipinski definition) is 1. The maximum atomic E-state index is 4.45. The fraction of sp³-hybridized carbons (Fsp3) is 0.0278. The number of nitrogens with zero attached hydrogens (tertiary/aromatic N) is 1. The second-order valence-corrected chi connectivity index (χ2v) is 9.01. The molecule has 1 nitrogen and oxygen atoms in total. The first-order chi connectivity index (χ1) is 18.1. The number of aromatic nitrogens is 1. The van der Waals surface area contributed by atoms with Gasteiger partial charge in [-0.2, -0.15) is 0 Å². The van der Waals surface area contributed by atoms with Crippen molar-refractivity contribution in [3.8, 4) is 33.4 Å². The molecule has 0 bridgehead atoms. The molecule has 0 N–H and O–H groups in total. The summed E-state index contributed by atoms with van der Waals surface area (Å²) in [7, 11) is 0. The molecule has 0 radical (unpaired) electrons. The van der Waals surface area contributed by atoms with Crippen LogP contribution in [0.2, 0.25) is 0 Å². The number of rotatable bonds is 7. The quantitative estimate of drug-likeness (QED) is 0.228. The van der Waals surface area contributed by atoms with Crippen LogP contribution in [0.25, 0.3) is 68.5 Å². The van der Waals surface area contributed by atoms with Crippen LogP contribution in [0.5, 0.6) is 0 Å². The van der Waals surface area contributed by atoms with Gasteiger partial charge in [0.15, 0.2) is 0 Å². The van der Waals surface area contributed by atoms with Gasteiger partial charge in [-0.25, -0.2) is 0 Å². The van der Waals surface area contributed by atoms with E-state index < -0.39 is 0 Å². The lowest BCUT2D eigenvalue weighted by Crippen LogP contribution is -1.98. The molecule has 0 amide bonds. The monoisotopic (exact) mass is 475 g/mol. The summed E-state index contributed by atoms with van der Waals surface area (Å²) in [5, 5.41) is 2.33. The first-order valence-corrected chi connectivity index (χ1v) is 12.4. The molecule has 37 heavy (non-hydrogen) atoms. The third-order valence-electron chi connectivity index (χ3n) is 6.95. The molecule has 0 atom stereocenters. The standard InChI is InChI=1S/C36H29N/c1-6-25-13-12-16-32(29(25)7-2)36-31(9-4)30(8-3)35(33-14-10-11-15-34(33)36)27-21-19-26(20-22-27)28-18-17-24(5)37-23-28/h6-23H,1-4H2,5H3. The van der Waals surface area contributed by atoms with E-state index >= 15 is 0 Å². The van der Waals surface area contributed by atoms with E-state index in [1.165, 1.54) is 5.39 Å². The molecule has 5 aromatic rings. The minimum Gasteiger partial charge on any atom is -0.261 e. The Morgan fingerprint density at radius 2 is 1.14 bits per heavy atom. The molecule has 0 aliphatic carbocycles. The van der Waals surface area contributed by atoms with Crippen molar-refractivity contribution in [1.82, 2.24) is 4.98 Å². The van der Waals surface area contributed by atoms with Gasteiger partial charge in [0.2, 0.25) is 0 Å². The van der Waals surface area contributed by atoms with Gasteiger partial charge in [-0.1, -0.05) is 123 Å². The van der Waals surface area contributed by atoms with Crippen molar-refractivity contribution in [2.45, 2.75) is 6.92 Å². The Balaban J connectivity index is 1.81. The van der Waals surface area contributed by atoms with Gasteiger partial charge in [-0.05, 0) is 73.8 Å². The molecule has 0 spiro atoms. The number of pyridine rings is 1. The highest BCUT2D eigenvalue weighted by Gasteiger charge is 2.20. The molecule has 1 aromatic heterocycles. The Hall–Kier alpha value is -4.75. The maximum absolute atomic E-state index is 4.45. The second-order valence-electron chi connectivity index (χ2n) is 9.01. The van der Waals surface area contributed by atoms with Crippen LogP contribution < -0.4 is 0 Å². The summed E-state index contributed by atoms with van der Waals surface area (Å²) in [6, 6.07) is 27.7. The number of hydrogen-bond donors (Lipinski definition) is 0. The van der Waals surface area contributed by atoms with Crippen molar-refractivity contribution < 1.29 is 0 Å². The van der Waals surface area contributed by atoms with Gasteiger partial charge in [0, 0.05) is 17.5 Å². The molecule has 0 aliphatic rings. The Kier molecular flexibility index (Phi) is 6.53. The Morgan fingerprint density at radius 1 is 0.541 bits per heavy atom. The minimum atomic E-state index is 1.01. The van der Waals surface area contributed by atoms with E-state index in [9.17, 15) is 0 Å². The van der Waals surface area contributed by atoms with Crippen molar-refractivity contribution in [2.24, 2.45) is 0 Å². The van der Waals surface area contributed by atoms with Gasteiger partial charge < -0.3 is 0 Å². The summed E-state index contributed by atoms with van der Waals surface area (Å²) >= 11 is 0. The lowest BCUT2D eigenvalue weighted by Gasteiger charge is -2.22. The van der Waals surface area contributed by atoms with Crippen LogP contribution >= 0.6 is 0 Å². The first kappa shape index (κ1) is 24.0. The summed E-state index contributed by atoms with van der Waals surface area (Å²) in [5.74, 6) is 0. The van der Waals surface area contributed by atoms with E-state index in [-0.39, 0.29) is 0 Å². The highest BCUT2D eigenvalue weighted by Crippen LogP contribution is 2.44. The van der Waals surface area contributed by atoms with Gasteiger partial charge in [0.25, 0.3) is 0 Å². The van der Waals surface area contributed by atoms with E-state index in [2.05, 4.69) is 104 Å². The molecule has 5 rings (SSSR count).